The van der Waals surface area contributed by atoms with Crippen LogP contribution in [-0.2, 0) is 4.79 Å². The molecule has 0 bridgehead atoms. The second-order valence-electron chi connectivity index (χ2n) is 5.96. The quantitative estimate of drug-likeness (QED) is 0.895. The highest BCUT2D eigenvalue weighted by molar-refractivity contribution is 5.92. The number of aromatic nitrogens is 2. The van der Waals surface area contributed by atoms with E-state index in [-0.39, 0.29) is 11.8 Å². The minimum Gasteiger partial charge on any atom is -0.497 e. The number of carbonyl (C=O) groups excluding carboxylic acids is 2. The van der Waals surface area contributed by atoms with Crippen molar-refractivity contribution in [3.05, 3.63) is 42.1 Å². The van der Waals surface area contributed by atoms with Gasteiger partial charge in [-0.2, -0.15) is 0 Å². The number of methoxy groups -OCH3 is 1. The lowest BCUT2D eigenvalue weighted by molar-refractivity contribution is -0.130. The van der Waals surface area contributed by atoms with Gasteiger partial charge in [0.1, 0.15) is 5.75 Å². The highest BCUT2D eigenvalue weighted by Gasteiger charge is 2.24. The van der Waals surface area contributed by atoms with E-state index in [1.165, 1.54) is 6.92 Å². The fourth-order valence-corrected chi connectivity index (χ4v) is 2.72. The van der Waals surface area contributed by atoms with Crippen molar-refractivity contribution in [3.63, 3.8) is 0 Å². The third-order valence-electron chi connectivity index (χ3n) is 4.26. The molecule has 0 radical (unpaired) electrons. The summed E-state index contributed by atoms with van der Waals surface area (Å²) in [7, 11) is 1.61. The molecule has 0 spiro atoms. The molecule has 1 aromatic heterocycles. The molecule has 1 saturated heterocycles. The van der Waals surface area contributed by atoms with Gasteiger partial charge in [-0.3, -0.25) is 9.59 Å². The van der Waals surface area contributed by atoms with E-state index in [1.54, 1.807) is 29.0 Å². The van der Waals surface area contributed by atoms with Gasteiger partial charge in [0.05, 0.1) is 7.11 Å². The van der Waals surface area contributed by atoms with Crippen LogP contribution in [0.3, 0.4) is 0 Å². The van der Waals surface area contributed by atoms with E-state index in [2.05, 4.69) is 15.5 Å². The van der Waals surface area contributed by atoms with Crippen LogP contribution in [-0.4, -0.2) is 65.1 Å². The lowest BCUT2D eigenvalue weighted by Crippen LogP contribution is -2.50. The number of anilines is 2. The number of hydrogen-bond acceptors (Lipinski definition) is 6. The lowest BCUT2D eigenvalue weighted by Gasteiger charge is -2.33. The molecule has 1 aromatic carbocycles. The van der Waals surface area contributed by atoms with E-state index in [1.807, 2.05) is 24.3 Å². The molecule has 1 aliphatic rings. The summed E-state index contributed by atoms with van der Waals surface area (Å²) in [6.45, 7) is 3.65. The van der Waals surface area contributed by atoms with Crippen molar-refractivity contribution in [2.45, 2.75) is 6.92 Å². The average Bonchev–Trinajstić information content (AvgIpc) is 2.69. The van der Waals surface area contributed by atoms with Crippen LogP contribution in [0.5, 0.6) is 5.75 Å². The zero-order chi connectivity index (χ0) is 18.5. The first-order chi connectivity index (χ1) is 12.6. The zero-order valence-electron chi connectivity index (χ0n) is 14.8. The van der Waals surface area contributed by atoms with Gasteiger partial charge in [-0.15, -0.1) is 10.2 Å². The number of hydrogen-bond donors (Lipinski definition) is 1. The summed E-state index contributed by atoms with van der Waals surface area (Å²) in [5.41, 5.74) is 1.14. The molecule has 0 atom stereocenters. The Morgan fingerprint density at radius 1 is 0.962 bits per heavy atom. The monoisotopic (exact) mass is 355 g/mol. The first-order valence-corrected chi connectivity index (χ1v) is 8.36. The predicted molar refractivity (Wildman–Crippen MR) is 96.5 cm³/mol. The molecular weight excluding hydrogens is 334 g/mol. The largest absolute Gasteiger partial charge is 0.497 e. The Morgan fingerprint density at radius 3 is 2.15 bits per heavy atom. The number of rotatable bonds is 4. The number of benzene rings is 1. The molecule has 8 heteroatoms. The number of nitrogens with zero attached hydrogens (tertiary/aromatic N) is 4. The SMILES string of the molecule is COc1ccc(Nc2ccc(C(=O)N3CCN(C(C)=O)CC3)nn2)cc1. The van der Waals surface area contributed by atoms with Gasteiger partial charge < -0.3 is 19.9 Å². The summed E-state index contributed by atoms with van der Waals surface area (Å²) in [6, 6.07) is 10.8. The Bertz CT molecular complexity index is 768. The number of ether oxygens (including phenoxy) is 1. The molecule has 8 nitrogen and oxygen atoms in total. The Kier molecular flexibility index (Phi) is 5.31. The van der Waals surface area contributed by atoms with Crippen LogP contribution >= 0.6 is 0 Å². The van der Waals surface area contributed by atoms with Crippen molar-refractivity contribution in [3.8, 4) is 5.75 Å². The van der Waals surface area contributed by atoms with Gasteiger partial charge in [0.2, 0.25) is 5.91 Å². The predicted octanol–water partition coefficient (Wildman–Crippen LogP) is 1.53. The van der Waals surface area contributed by atoms with Crippen LogP contribution in [0.1, 0.15) is 17.4 Å². The van der Waals surface area contributed by atoms with Gasteiger partial charge in [0.25, 0.3) is 5.91 Å². The van der Waals surface area contributed by atoms with Crippen molar-refractivity contribution >= 4 is 23.3 Å². The Labute approximate surface area is 151 Å². The van der Waals surface area contributed by atoms with Crippen LogP contribution in [0.2, 0.25) is 0 Å². The van der Waals surface area contributed by atoms with Crippen LogP contribution in [0, 0.1) is 0 Å². The van der Waals surface area contributed by atoms with E-state index in [9.17, 15) is 9.59 Å². The van der Waals surface area contributed by atoms with Crippen LogP contribution in [0.15, 0.2) is 36.4 Å². The molecule has 0 unspecified atom stereocenters. The highest BCUT2D eigenvalue weighted by atomic mass is 16.5. The van der Waals surface area contributed by atoms with Crippen molar-refractivity contribution < 1.29 is 14.3 Å². The minimum absolute atomic E-state index is 0.0332. The second-order valence-corrected chi connectivity index (χ2v) is 5.96. The Morgan fingerprint density at radius 2 is 1.62 bits per heavy atom. The smallest absolute Gasteiger partial charge is 0.274 e. The first kappa shape index (κ1) is 17.7. The van der Waals surface area contributed by atoms with Gasteiger partial charge in [0.15, 0.2) is 11.5 Å². The maximum absolute atomic E-state index is 12.5. The van der Waals surface area contributed by atoms with E-state index >= 15 is 0 Å². The molecule has 1 N–H and O–H groups in total. The van der Waals surface area contributed by atoms with Crippen LogP contribution < -0.4 is 10.1 Å². The molecule has 136 valence electrons. The Balaban J connectivity index is 1.60. The van der Waals surface area contributed by atoms with Gasteiger partial charge >= 0.3 is 0 Å². The zero-order valence-corrected chi connectivity index (χ0v) is 14.8. The normalized spacial score (nSPS) is 14.1. The van der Waals surface area contributed by atoms with Gasteiger partial charge in [-0.1, -0.05) is 0 Å². The van der Waals surface area contributed by atoms with Gasteiger partial charge in [-0.25, -0.2) is 0 Å². The van der Waals surface area contributed by atoms with E-state index in [4.69, 9.17) is 4.74 Å². The van der Waals surface area contributed by atoms with Crippen molar-refractivity contribution in [1.29, 1.82) is 0 Å². The molecular formula is C18H21N5O3. The molecule has 2 aromatic rings. The summed E-state index contributed by atoms with van der Waals surface area (Å²) < 4.78 is 5.12. The summed E-state index contributed by atoms with van der Waals surface area (Å²) in [5, 5.41) is 11.2. The number of carbonyl (C=O) groups is 2. The third-order valence-corrected chi connectivity index (χ3v) is 4.26. The molecule has 2 heterocycles. The maximum atomic E-state index is 12.5. The number of amides is 2. The summed E-state index contributed by atoms with van der Waals surface area (Å²) in [6.07, 6.45) is 0. The first-order valence-electron chi connectivity index (χ1n) is 8.36. The molecule has 2 amide bonds. The lowest BCUT2D eigenvalue weighted by atomic mass is 10.2. The molecule has 0 aliphatic carbocycles. The van der Waals surface area contributed by atoms with Crippen LogP contribution in [0.4, 0.5) is 11.5 Å². The Hall–Kier alpha value is -3.16. The van der Waals surface area contributed by atoms with Gasteiger partial charge in [-0.05, 0) is 36.4 Å². The van der Waals surface area contributed by atoms with Crippen molar-refractivity contribution in [2.24, 2.45) is 0 Å². The molecule has 1 fully saturated rings. The van der Waals surface area contributed by atoms with Crippen LogP contribution in [0.25, 0.3) is 0 Å². The fourth-order valence-electron chi connectivity index (χ4n) is 2.72. The number of piperazine rings is 1. The van der Waals surface area contributed by atoms with E-state index in [0.29, 0.717) is 37.7 Å². The summed E-state index contributed by atoms with van der Waals surface area (Å²) in [5.74, 6) is 1.18. The maximum Gasteiger partial charge on any atom is 0.274 e. The molecule has 3 rings (SSSR count). The average molecular weight is 355 g/mol. The second kappa shape index (κ2) is 7.81. The van der Waals surface area contributed by atoms with E-state index in [0.717, 1.165) is 11.4 Å². The fraction of sp³-hybridized carbons (Fsp3) is 0.333. The standard InChI is InChI=1S/C18H21N5O3/c1-13(24)22-9-11-23(12-10-22)18(25)16-7-8-17(21-20-16)19-14-3-5-15(26-2)6-4-14/h3-8H,9-12H2,1-2H3,(H,19,21). The van der Waals surface area contributed by atoms with E-state index < -0.39 is 0 Å². The third kappa shape index (κ3) is 4.08. The molecule has 1 aliphatic heterocycles. The molecule has 26 heavy (non-hydrogen) atoms. The number of nitrogens with one attached hydrogen (secondary N) is 1. The topological polar surface area (TPSA) is 87.7 Å². The summed E-state index contributed by atoms with van der Waals surface area (Å²) in [4.78, 5) is 27.3. The van der Waals surface area contributed by atoms with Gasteiger partial charge in [0, 0.05) is 38.8 Å². The highest BCUT2D eigenvalue weighted by Crippen LogP contribution is 2.18. The van der Waals surface area contributed by atoms with Crippen molar-refractivity contribution in [1.82, 2.24) is 20.0 Å². The minimum atomic E-state index is -0.170. The summed E-state index contributed by atoms with van der Waals surface area (Å²) >= 11 is 0. The molecule has 0 saturated carbocycles. The van der Waals surface area contributed by atoms with Crippen molar-refractivity contribution in [2.75, 3.05) is 38.6 Å².